The van der Waals surface area contributed by atoms with Gasteiger partial charge in [-0.3, -0.25) is 4.79 Å². The maximum Gasteiger partial charge on any atom is 0.319 e. The van der Waals surface area contributed by atoms with E-state index in [0.29, 0.717) is 11.1 Å². The number of ether oxygens (including phenoxy) is 1. The molecule has 0 spiro atoms. The average Bonchev–Trinajstić information content (AvgIpc) is 3.10. The molecule has 3 rings (SSSR count). The van der Waals surface area contributed by atoms with E-state index in [0.717, 1.165) is 11.1 Å². The van der Waals surface area contributed by atoms with Crippen molar-refractivity contribution < 1.29 is 13.9 Å². The van der Waals surface area contributed by atoms with Gasteiger partial charge in [0.05, 0.1) is 0 Å². The van der Waals surface area contributed by atoms with Gasteiger partial charge in [0.15, 0.2) is 0 Å². The number of hydrogen-bond donors (Lipinski definition) is 0. The lowest BCUT2D eigenvalue weighted by molar-refractivity contribution is -0.143. The van der Waals surface area contributed by atoms with Gasteiger partial charge in [-0.1, -0.05) is 60.3 Å². The Kier molecular flexibility index (Phi) is 5.28. The van der Waals surface area contributed by atoms with Crippen LogP contribution in [0.15, 0.2) is 70.3 Å². The van der Waals surface area contributed by atoms with Crippen LogP contribution in [-0.4, -0.2) is 21.4 Å². The van der Waals surface area contributed by atoms with Crippen LogP contribution in [-0.2, 0) is 16.1 Å². The van der Waals surface area contributed by atoms with Crippen LogP contribution >= 0.6 is 11.8 Å². The summed E-state index contributed by atoms with van der Waals surface area (Å²) < 4.78 is 10.9. The molecule has 3 aromatic rings. The van der Waals surface area contributed by atoms with E-state index in [9.17, 15) is 4.79 Å². The summed E-state index contributed by atoms with van der Waals surface area (Å²) in [5.41, 5.74) is 1.79. The Hall–Kier alpha value is -2.60. The highest BCUT2D eigenvalue weighted by Crippen LogP contribution is 2.26. The zero-order valence-corrected chi connectivity index (χ0v) is 13.9. The first-order valence-corrected chi connectivity index (χ1v) is 8.36. The summed E-state index contributed by atoms with van der Waals surface area (Å²) in [5, 5.41) is 7.89. The molecule has 1 heterocycles. The quantitative estimate of drug-likeness (QED) is 0.500. The molecule has 0 bridgehead atoms. The zero-order valence-electron chi connectivity index (χ0n) is 13.1. The molecule has 0 fully saturated rings. The molecule has 0 aliphatic rings. The molecule has 0 saturated heterocycles. The predicted octanol–water partition coefficient (Wildman–Crippen LogP) is 3.96. The van der Waals surface area contributed by atoms with Crippen molar-refractivity contribution in [2.45, 2.75) is 24.0 Å². The highest BCUT2D eigenvalue weighted by atomic mass is 32.2. The number of carbonyl (C=O) groups excluding carboxylic acids is 1. The van der Waals surface area contributed by atoms with Crippen molar-refractivity contribution in [1.82, 2.24) is 10.2 Å². The normalized spacial score (nSPS) is 11.9. The summed E-state index contributed by atoms with van der Waals surface area (Å²) in [7, 11) is 0. The van der Waals surface area contributed by atoms with E-state index < -0.39 is 5.25 Å². The maximum absolute atomic E-state index is 12.1. The lowest BCUT2D eigenvalue weighted by atomic mass is 10.2. The fraction of sp³-hybridized carbons (Fsp3) is 0.167. The number of aromatic nitrogens is 2. The minimum atomic E-state index is -0.433. The molecule has 0 amide bonds. The highest BCUT2D eigenvalue weighted by Gasteiger charge is 2.20. The molecule has 0 aliphatic carbocycles. The number of benzene rings is 2. The van der Waals surface area contributed by atoms with Crippen molar-refractivity contribution in [3.63, 3.8) is 0 Å². The SMILES string of the molecule is CC(Sc1nnc(-c2ccccc2)o1)C(=O)OCc1ccccc1. The average molecular weight is 340 g/mol. The van der Waals surface area contributed by atoms with Gasteiger partial charge in [0.1, 0.15) is 11.9 Å². The molecule has 24 heavy (non-hydrogen) atoms. The predicted molar refractivity (Wildman–Crippen MR) is 91.3 cm³/mol. The Labute approximate surface area is 144 Å². The van der Waals surface area contributed by atoms with E-state index in [1.165, 1.54) is 11.8 Å². The van der Waals surface area contributed by atoms with E-state index >= 15 is 0 Å². The summed E-state index contributed by atoms with van der Waals surface area (Å²) >= 11 is 1.19. The van der Waals surface area contributed by atoms with Crippen LogP contribution < -0.4 is 0 Å². The summed E-state index contributed by atoms with van der Waals surface area (Å²) in [6.07, 6.45) is 0. The minimum absolute atomic E-state index is 0.254. The lowest BCUT2D eigenvalue weighted by Crippen LogP contribution is -2.16. The van der Waals surface area contributed by atoms with Crippen LogP contribution in [0.25, 0.3) is 11.5 Å². The number of hydrogen-bond acceptors (Lipinski definition) is 6. The van der Waals surface area contributed by atoms with Crippen LogP contribution in [0.1, 0.15) is 12.5 Å². The highest BCUT2D eigenvalue weighted by molar-refractivity contribution is 8.00. The van der Waals surface area contributed by atoms with Gasteiger partial charge < -0.3 is 9.15 Å². The lowest BCUT2D eigenvalue weighted by Gasteiger charge is -2.09. The fourth-order valence-corrected chi connectivity index (χ4v) is 2.68. The monoisotopic (exact) mass is 340 g/mol. The molecule has 2 aromatic carbocycles. The van der Waals surface area contributed by atoms with Gasteiger partial charge in [0.2, 0.25) is 5.89 Å². The van der Waals surface area contributed by atoms with Crippen LogP contribution in [0.5, 0.6) is 0 Å². The summed E-state index contributed by atoms with van der Waals surface area (Å²) in [5.74, 6) is 0.117. The Morgan fingerprint density at radius 3 is 2.46 bits per heavy atom. The van der Waals surface area contributed by atoms with E-state index in [4.69, 9.17) is 9.15 Å². The van der Waals surface area contributed by atoms with Crippen molar-refractivity contribution in [3.8, 4) is 11.5 Å². The zero-order chi connectivity index (χ0) is 16.8. The van der Waals surface area contributed by atoms with Crippen molar-refractivity contribution in [2.75, 3.05) is 0 Å². The number of esters is 1. The van der Waals surface area contributed by atoms with Gasteiger partial charge in [-0.25, -0.2) is 0 Å². The van der Waals surface area contributed by atoms with Crippen molar-refractivity contribution in [2.24, 2.45) is 0 Å². The molecular formula is C18H16N2O3S. The van der Waals surface area contributed by atoms with Gasteiger partial charge >= 0.3 is 5.97 Å². The Balaban J connectivity index is 1.55. The summed E-state index contributed by atoms with van der Waals surface area (Å²) in [4.78, 5) is 12.1. The number of thioether (sulfide) groups is 1. The molecule has 0 radical (unpaired) electrons. The number of carbonyl (C=O) groups is 1. The molecule has 1 unspecified atom stereocenters. The summed E-state index contributed by atoms with van der Waals surface area (Å²) in [6.45, 7) is 2.01. The second kappa shape index (κ2) is 7.79. The molecular weight excluding hydrogens is 324 g/mol. The Morgan fingerprint density at radius 2 is 1.75 bits per heavy atom. The topological polar surface area (TPSA) is 65.2 Å². The smallest absolute Gasteiger partial charge is 0.319 e. The summed E-state index contributed by atoms with van der Waals surface area (Å²) in [6, 6.07) is 19.1. The van der Waals surface area contributed by atoms with Gasteiger partial charge in [-0.15, -0.1) is 10.2 Å². The second-order valence-electron chi connectivity index (χ2n) is 5.09. The van der Waals surface area contributed by atoms with E-state index in [-0.39, 0.29) is 12.6 Å². The first-order valence-electron chi connectivity index (χ1n) is 7.48. The van der Waals surface area contributed by atoms with E-state index in [2.05, 4.69) is 10.2 Å². The fourth-order valence-electron chi connectivity index (χ4n) is 2.00. The third kappa shape index (κ3) is 4.23. The number of nitrogens with zero attached hydrogens (tertiary/aromatic N) is 2. The minimum Gasteiger partial charge on any atom is -0.460 e. The molecule has 0 N–H and O–H groups in total. The van der Waals surface area contributed by atoms with Crippen molar-refractivity contribution in [3.05, 3.63) is 66.2 Å². The maximum atomic E-state index is 12.1. The standard InChI is InChI=1S/C18H16N2O3S/c1-13(17(21)22-12-14-8-4-2-5-9-14)24-18-20-19-16(23-18)15-10-6-3-7-11-15/h2-11,13H,12H2,1H3. The molecule has 1 atom stereocenters. The largest absolute Gasteiger partial charge is 0.460 e. The molecule has 5 nitrogen and oxygen atoms in total. The van der Waals surface area contributed by atoms with Crippen LogP contribution in [0.2, 0.25) is 0 Å². The van der Waals surface area contributed by atoms with Crippen LogP contribution in [0.4, 0.5) is 0 Å². The molecule has 122 valence electrons. The third-order valence-electron chi connectivity index (χ3n) is 3.26. The van der Waals surface area contributed by atoms with Gasteiger partial charge in [-0.2, -0.15) is 0 Å². The van der Waals surface area contributed by atoms with Gasteiger partial charge in [0, 0.05) is 5.56 Å². The van der Waals surface area contributed by atoms with Crippen molar-refractivity contribution in [1.29, 1.82) is 0 Å². The molecule has 0 saturated carbocycles. The molecule has 0 aliphatic heterocycles. The second-order valence-corrected chi connectivity index (χ2v) is 6.38. The van der Waals surface area contributed by atoms with E-state index in [1.54, 1.807) is 6.92 Å². The molecule has 6 heteroatoms. The third-order valence-corrected chi connectivity index (χ3v) is 4.17. The van der Waals surface area contributed by atoms with E-state index in [1.807, 2.05) is 60.7 Å². The Bertz CT molecular complexity index is 790. The van der Waals surface area contributed by atoms with Crippen molar-refractivity contribution >= 4 is 17.7 Å². The van der Waals surface area contributed by atoms with Gasteiger partial charge in [0.25, 0.3) is 5.22 Å². The van der Waals surface area contributed by atoms with Gasteiger partial charge in [-0.05, 0) is 24.6 Å². The van der Waals surface area contributed by atoms with Crippen LogP contribution in [0, 0.1) is 0 Å². The first kappa shape index (κ1) is 16.3. The van der Waals surface area contributed by atoms with Crippen LogP contribution in [0.3, 0.4) is 0 Å². The Morgan fingerprint density at radius 1 is 1.08 bits per heavy atom. The first-order chi connectivity index (χ1) is 11.7. The molecule has 1 aromatic heterocycles. The number of rotatable bonds is 6.